The highest BCUT2D eigenvalue weighted by Crippen LogP contribution is 2.35. The summed E-state index contributed by atoms with van der Waals surface area (Å²) < 4.78 is 1.61. The van der Waals surface area contributed by atoms with Gasteiger partial charge in [0.1, 0.15) is 5.82 Å². The predicted octanol–water partition coefficient (Wildman–Crippen LogP) is 5.08. The van der Waals surface area contributed by atoms with Gasteiger partial charge in [0.25, 0.3) is 5.91 Å². The highest BCUT2D eigenvalue weighted by atomic mass is 16.4. The van der Waals surface area contributed by atoms with Crippen molar-refractivity contribution in [1.82, 2.24) is 14.7 Å². The zero-order valence-electron chi connectivity index (χ0n) is 21.6. The van der Waals surface area contributed by atoms with Gasteiger partial charge in [0.05, 0.1) is 5.69 Å². The molecule has 4 rings (SSSR count). The molecule has 194 valence electrons. The van der Waals surface area contributed by atoms with Crippen molar-refractivity contribution < 1.29 is 19.5 Å². The van der Waals surface area contributed by atoms with E-state index in [1.54, 1.807) is 29.9 Å². The van der Waals surface area contributed by atoms with Crippen molar-refractivity contribution in [2.75, 3.05) is 17.2 Å². The van der Waals surface area contributed by atoms with Crippen molar-refractivity contribution in [3.63, 3.8) is 0 Å². The van der Waals surface area contributed by atoms with Crippen molar-refractivity contribution >= 4 is 29.4 Å². The first-order valence-electron chi connectivity index (χ1n) is 12.3. The number of piperidine rings is 1. The molecule has 1 aliphatic rings. The fraction of sp³-hybridized carbons (Fsp3) is 0.357. The minimum absolute atomic E-state index is 0.101. The molecule has 2 unspecified atom stereocenters. The van der Waals surface area contributed by atoms with Gasteiger partial charge in [-0.25, -0.2) is 4.79 Å². The monoisotopic (exact) mass is 503 g/mol. The Morgan fingerprint density at radius 1 is 1.00 bits per heavy atom. The standard InChI is InChI=1S/C28H33N5O4/c1-28(2,3)23-16-20(14-15-33(23)27(36)37)26(35)29-21-12-10-18(11-13-21)22-17-24(32(4)31-22)30-25(34)19-8-6-5-7-9-19/h5-13,17,20,23H,14-16H2,1-4H3,(H,29,35)(H,30,34)(H,36,37). The molecule has 0 spiro atoms. The summed E-state index contributed by atoms with van der Waals surface area (Å²) in [6.07, 6.45) is 0.0472. The Kier molecular flexibility index (Phi) is 7.33. The summed E-state index contributed by atoms with van der Waals surface area (Å²) in [5, 5.41) is 19.9. The Bertz CT molecular complexity index is 1280. The van der Waals surface area contributed by atoms with E-state index in [1.165, 1.54) is 4.90 Å². The molecule has 1 saturated heterocycles. The van der Waals surface area contributed by atoms with Gasteiger partial charge in [-0.05, 0) is 42.5 Å². The van der Waals surface area contributed by atoms with E-state index in [2.05, 4.69) is 15.7 Å². The van der Waals surface area contributed by atoms with Crippen molar-refractivity contribution in [3.8, 4) is 11.3 Å². The van der Waals surface area contributed by atoms with Crippen LogP contribution in [0, 0.1) is 11.3 Å². The lowest BCUT2D eigenvalue weighted by molar-refractivity contribution is -0.122. The molecule has 2 aromatic carbocycles. The Hall–Kier alpha value is -4.14. The number of hydrogen-bond acceptors (Lipinski definition) is 4. The maximum absolute atomic E-state index is 13.0. The number of aromatic nitrogens is 2. The van der Waals surface area contributed by atoms with Gasteiger partial charge in [0.15, 0.2) is 0 Å². The Morgan fingerprint density at radius 3 is 2.30 bits per heavy atom. The fourth-order valence-corrected chi connectivity index (χ4v) is 4.73. The van der Waals surface area contributed by atoms with Crippen LogP contribution in [0.5, 0.6) is 0 Å². The highest BCUT2D eigenvalue weighted by Gasteiger charge is 2.40. The molecular weight excluding hydrogens is 470 g/mol. The predicted molar refractivity (Wildman–Crippen MR) is 142 cm³/mol. The van der Waals surface area contributed by atoms with Crippen molar-refractivity contribution in [3.05, 3.63) is 66.2 Å². The molecule has 3 aromatic rings. The summed E-state index contributed by atoms with van der Waals surface area (Å²) in [7, 11) is 1.76. The number of nitrogens with zero attached hydrogens (tertiary/aromatic N) is 3. The molecule has 3 N–H and O–H groups in total. The quantitative estimate of drug-likeness (QED) is 0.449. The number of carbonyl (C=O) groups is 3. The first kappa shape index (κ1) is 25.9. The smallest absolute Gasteiger partial charge is 0.407 e. The number of anilines is 2. The van der Waals surface area contributed by atoms with Gasteiger partial charge < -0.3 is 20.6 Å². The van der Waals surface area contributed by atoms with Crippen LogP contribution in [0.4, 0.5) is 16.3 Å². The van der Waals surface area contributed by atoms with Crippen molar-refractivity contribution in [2.45, 2.75) is 39.7 Å². The average Bonchev–Trinajstić information content (AvgIpc) is 3.23. The molecule has 0 bridgehead atoms. The van der Waals surface area contributed by atoms with E-state index in [0.29, 0.717) is 42.1 Å². The Balaban J connectivity index is 1.40. The lowest BCUT2D eigenvalue weighted by Crippen LogP contribution is -2.53. The van der Waals surface area contributed by atoms with Crippen LogP contribution in [0.3, 0.4) is 0 Å². The molecule has 2 atom stereocenters. The average molecular weight is 504 g/mol. The minimum atomic E-state index is -0.938. The summed E-state index contributed by atoms with van der Waals surface area (Å²) >= 11 is 0. The summed E-state index contributed by atoms with van der Waals surface area (Å²) in [6, 6.07) is 17.9. The third-order valence-electron chi connectivity index (χ3n) is 6.82. The third-order valence-corrected chi connectivity index (χ3v) is 6.82. The fourth-order valence-electron chi connectivity index (χ4n) is 4.73. The molecular formula is C28H33N5O4. The van der Waals surface area contributed by atoms with Crippen LogP contribution in [0.25, 0.3) is 11.3 Å². The number of benzene rings is 2. The molecule has 0 aliphatic carbocycles. The maximum atomic E-state index is 13.0. The number of rotatable bonds is 5. The van der Waals surface area contributed by atoms with Gasteiger partial charge in [-0.3, -0.25) is 14.3 Å². The Labute approximate surface area is 216 Å². The lowest BCUT2D eigenvalue weighted by Gasteiger charge is -2.44. The first-order chi connectivity index (χ1) is 17.5. The number of nitrogens with one attached hydrogen (secondary N) is 2. The van der Waals surface area contributed by atoms with E-state index < -0.39 is 6.09 Å². The van der Waals surface area contributed by atoms with E-state index in [9.17, 15) is 19.5 Å². The Morgan fingerprint density at radius 2 is 1.68 bits per heavy atom. The number of aryl methyl sites for hydroxylation is 1. The maximum Gasteiger partial charge on any atom is 0.407 e. The summed E-state index contributed by atoms with van der Waals surface area (Å²) in [4.78, 5) is 38.6. The number of carbonyl (C=O) groups excluding carboxylic acids is 2. The van der Waals surface area contributed by atoms with Crippen molar-refractivity contribution in [1.29, 1.82) is 0 Å². The van der Waals surface area contributed by atoms with E-state index >= 15 is 0 Å². The van der Waals surface area contributed by atoms with Crippen LogP contribution in [-0.4, -0.2) is 50.3 Å². The van der Waals surface area contributed by atoms with E-state index in [1.807, 2.05) is 63.2 Å². The number of carboxylic acid groups (broad SMARTS) is 1. The molecule has 9 heteroatoms. The molecule has 0 saturated carbocycles. The van der Waals surface area contributed by atoms with Crippen molar-refractivity contribution in [2.24, 2.45) is 18.4 Å². The number of amides is 3. The summed E-state index contributed by atoms with van der Waals surface area (Å²) in [6.45, 7) is 6.35. The van der Waals surface area contributed by atoms with Crippen LogP contribution in [0.2, 0.25) is 0 Å². The van der Waals surface area contributed by atoms with Gasteiger partial charge >= 0.3 is 6.09 Å². The first-order valence-corrected chi connectivity index (χ1v) is 12.3. The van der Waals surface area contributed by atoms with Crippen LogP contribution >= 0.6 is 0 Å². The normalized spacial score (nSPS) is 17.8. The molecule has 3 amide bonds. The molecule has 1 aliphatic heterocycles. The minimum Gasteiger partial charge on any atom is -0.465 e. The van der Waals surface area contributed by atoms with Gasteiger partial charge in [0, 0.05) is 48.4 Å². The van der Waals surface area contributed by atoms with E-state index in [0.717, 1.165) is 5.56 Å². The number of likely N-dealkylation sites (tertiary alicyclic amines) is 1. The highest BCUT2D eigenvalue weighted by molar-refractivity contribution is 6.04. The largest absolute Gasteiger partial charge is 0.465 e. The zero-order chi connectivity index (χ0) is 26.7. The number of hydrogen-bond donors (Lipinski definition) is 3. The van der Waals surface area contributed by atoms with Crippen LogP contribution < -0.4 is 10.6 Å². The zero-order valence-corrected chi connectivity index (χ0v) is 21.6. The third kappa shape index (κ3) is 5.99. The van der Waals surface area contributed by atoms with Gasteiger partial charge in [-0.15, -0.1) is 0 Å². The summed E-state index contributed by atoms with van der Waals surface area (Å²) in [5.74, 6) is 0.000275. The molecule has 1 aromatic heterocycles. The summed E-state index contributed by atoms with van der Waals surface area (Å²) in [5.41, 5.74) is 2.50. The molecule has 0 radical (unpaired) electrons. The van der Waals surface area contributed by atoms with Gasteiger partial charge in [-0.2, -0.15) is 5.10 Å². The van der Waals surface area contributed by atoms with E-state index in [4.69, 9.17) is 0 Å². The topological polar surface area (TPSA) is 117 Å². The van der Waals surface area contributed by atoms with Crippen LogP contribution in [0.15, 0.2) is 60.7 Å². The molecule has 37 heavy (non-hydrogen) atoms. The molecule has 1 fully saturated rings. The van der Waals surface area contributed by atoms with Crippen LogP contribution in [0.1, 0.15) is 44.0 Å². The second-order valence-electron chi connectivity index (χ2n) is 10.5. The van der Waals surface area contributed by atoms with E-state index in [-0.39, 0.29) is 29.2 Å². The second-order valence-corrected chi connectivity index (χ2v) is 10.5. The second kappa shape index (κ2) is 10.5. The lowest BCUT2D eigenvalue weighted by atomic mass is 9.77. The van der Waals surface area contributed by atoms with Gasteiger partial charge in [-0.1, -0.05) is 51.1 Å². The van der Waals surface area contributed by atoms with Crippen LogP contribution in [-0.2, 0) is 11.8 Å². The van der Waals surface area contributed by atoms with Gasteiger partial charge in [0.2, 0.25) is 5.91 Å². The molecule has 2 heterocycles. The SMILES string of the molecule is Cn1nc(-c2ccc(NC(=O)C3CCN(C(=O)O)C(C(C)(C)C)C3)cc2)cc1NC(=O)c1ccccc1. The molecule has 9 nitrogen and oxygen atoms in total.